The van der Waals surface area contributed by atoms with Gasteiger partial charge < -0.3 is 9.47 Å². The highest BCUT2D eigenvalue weighted by atomic mass is 16.7. The first kappa shape index (κ1) is 12.1. The van der Waals surface area contributed by atoms with Crippen molar-refractivity contribution in [1.82, 2.24) is 0 Å². The minimum absolute atomic E-state index is 0.0254. The van der Waals surface area contributed by atoms with Crippen LogP contribution in [0.4, 0.5) is 0 Å². The Hall–Kier alpha value is -0.410. The van der Waals surface area contributed by atoms with E-state index in [0.29, 0.717) is 5.78 Å². The number of hydrogen-bond acceptors (Lipinski definition) is 3. The normalized spacial score (nSPS) is 32.9. The summed E-state index contributed by atoms with van der Waals surface area (Å²) in [5.41, 5.74) is 0.194. The summed E-state index contributed by atoms with van der Waals surface area (Å²) in [5.74, 6) is 0.430. The molecular weight excluding hydrogens is 204 g/mol. The first-order valence-corrected chi connectivity index (χ1v) is 6.43. The van der Waals surface area contributed by atoms with Gasteiger partial charge in [-0.2, -0.15) is 0 Å². The van der Waals surface area contributed by atoms with E-state index in [2.05, 4.69) is 6.92 Å². The summed E-state index contributed by atoms with van der Waals surface area (Å²) >= 11 is 0. The summed E-state index contributed by atoms with van der Waals surface area (Å²) in [4.78, 5) is 11.5. The Balaban J connectivity index is 1.76. The van der Waals surface area contributed by atoms with Crippen molar-refractivity contribution < 1.29 is 14.3 Å². The summed E-state index contributed by atoms with van der Waals surface area (Å²) in [6, 6.07) is 0. The molecule has 2 aliphatic rings. The van der Waals surface area contributed by atoms with Crippen LogP contribution in [0.25, 0.3) is 0 Å². The second-order valence-electron chi connectivity index (χ2n) is 5.44. The van der Waals surface area contributed by atoms with Crippen LogP contribution >= 0.6 is 0 Å². The van der Waals surface area contributed by atoms with E-state index in [1.807, 2.05) is 0 Å². The first-order valence-electron chi connectivity index (χ1n) is 6.43. The van der Waals surface area contributed by atoms with Crippen molar-refractivity contribution in [3.8, 4) is 0 Å². The Morgan fingerprint density at radius 1 is 1.31 bits per heavy atom. The summed E-state index contributed by atoms with van der Waals surface area (Å²) in [6.45, 7) is 3.87. The van der Waals surface area contributed by atoms with Crippen LogP contribution in [-0.2, 0) is 14.3 Å². The maximum atomic E-state index is 11.5. The van der Waals surface area contributed by atoms with E-state index in [1.54, 1.807) is 0 Å². The summed E-state index contributed by atoms with van der Waals surface area (Å²) in [6.07, 6.45) is 6.72. The molecule has 0 unspecified atom stereocenters. The Morgan fingerprint density at radius 2 is 2.06 bits per heavy atom. The van der Waals surface area contributed by atoms with Crippen molar-refractivity contribution in [2.75, 3.05) is 13.2 Å². The molecule has 0 radical (unpaired) electrons. The Bertz CT molecular complexity index is 246. The van der Waals surface area contributed by atoms with Crippen molar-refractivity contribution >= 4 is 5.78 Å². The summed E-state index contributed by atoms with van der Waals surface area (Å²) in [5, 5.41) is 0. The SMILES string of the molecule is C[C@]1(CCC2OCCCO2)CCCC(=O)C1. The van der Waals surface area contributed by atoms with Gasteiger partial charge in [-0.3, -0.25) is 4.79 Å². The van der Waals surface area contributed by atoms with Crippen LogP contribution in [0.2, 0.25) is 0 Å². The average molecular weight is 226 g/mol. The molecule has 92 valence electrons. The molecule has 1 atom stereocenters. The monoisotopic (exact) mass is 226 g/mol. The maximum absolute atomic E-state index is 11.5. The van der Waals surface area contributed by atoms with E-state index in [9.17, 15) is 4.79 Å². The van der Waals surface area contributed by atoms with Crippen LogP contribution in [0, 0.1) is 5.41 Å². The standard InChI is InChI=1S/C13H22O3/c1-13(6-2-4-11(14)10-13)7-5-12-15-8-3-9-16-12/h12H,2-10H2,1H3/t13-/m1/s1. The molecule has 0 aromatic rings. The fourth-order valence-electron chi connectivity index (χ4n) is 2.75. The molecule has 0 amide bonds. The van der Waals surface area contributed by atoms with Crippen molar-refractivity contribution in [2.45, 2.75) is 58.2 Å². The molecular formula is C13H22O3. The molecule has 1 aliphatic carbocycles. The number of ketones is 1. The highest BCUT2D eigenvalue weighted by Gasteiger charge is 2.32. The van der Waals surface area contributed by atoms with Crippen molar-refractivity contribution in [3.05, 3.63) is 0 Å². The van der Waals surface area contributed by atoms with Crippen molar-refractivity contribution in [1.29, 1.82) is 0 Å². The average Bonchev–Trinajstić information content (AvgIpc) is 2.28. The number of carbonyl (C=O) groups is 1. The molecule has 2 fully saturated rings. The molecule has 16 heavy (non-hydrogen) atoms. The van der Waals surface area contributed by atoms with Crippen LogP contribution in [0.3, 0.4) is 0 Å². The fourth-order valence-corrected chi connectivity index (χ4v) is 2.75. The molecule has 0 aromatic heterocycles. The Kier molecular flexibility index (Phi) is 3.98. The molecule has 2 rings (SSSR count). The number of hydrogen-bond donors (Lipinski definition) is 0. The van der Waals surface area contributed by atoms with Crippen molar-refractivity contribution in [3.63, 3.8) is 0 Å². The number of Topliss-reactive ketones (excluding diaryl/α,β-unsaturated/α-hetero) is 1. The van der Waals surface area contributed by atoms with Gasteiger partial charge in [0.05, 0.1) is 13.2 Å². The van der Waals surface area contributed by atoms with E-state index in [4.69, 9.17) is 9.47 Å². The maximum Gasteiger partial charge on any atom is 0.157 e. The quantitative estimate of drug-likeness (QED) is 0.742. The molecule has 1 aliphatic heterocycles. The molecule has 0 N–H and O–H groups in total. The molecule has 1 saturated heterocycles. The van der Waals surface area contributed by atoms with Gasteiger partial charge in [-0.25, -0.2) is 0 Å². The van der Waals surface area contributed by atoms with Gasteiger partial charge in [-0.05, 0) is 37.5 Å². The lowest BCUT2D eigenvalue weighted by Crippen LogP contribution is -2.30. The van der Waals surface area contributed by atoms with Gasteiger partial charge >= 0.3 is 0 Å². The second-order valence-corrected chi connectivity index (χ2v) is 5.44. The summed E-state index contributed by atoms with van der Waals surface area (Å²) in [7, 11) is 0. The van der Waals surface area contributed by atoms with Gasteiger partial charge in [0.15, 0.2) is 6.29 Å². The second kappa shape index (κ2) is 5.28. The highest BCUT2D eigenvalue weighted by Crippen LogP contribution is 2.38. The summed E-state index contributed by atoms with van der Waals surface area (Å²) < 4.78 is 11.1. The van der Waals surface area contributed by atoms with Gasteiger partial charge in [0.2, 0.25) is 0 Å². The predicted octanol–water partition coefficient (Wildman–Crippen LogP) is 2.68. The lowest BCUT2D eigenvalue weighted by molar-refractivity contribution is -0.184. The first-order chi connectivity index (χ1) is 7.68. The number of ether oxygens (including phenoxy) is 2. The molecule has 3 heteroatoms. The van der Waals surface area contributed by atoms with E-state index >= 15 is 0 Å². The molecule has 0 bridgehead atoms. The van der Waals surface area contributed by atoms with Crippen LogP contribution in [0.5, 0.6) is 0 Å². The van der Waals surface area contributed by atoms with Crippen LogP contribution in [0.1, 0.15) is 51.9 Å². The molecule has 1 heterocycles. The lowest BCUT2D eigenvalue weighted by atomic mass is 9.72. The zero-order chi connectivity index (χ0) is 11.4. The van der Waals surface area contributed by atoms with E-state index < -0.39 is 0 Å². The third kappa shape index (κ3) is 3.29. The Morgan fingerprint density at radius 3 is 2.75 bits per heavy atom. The molecule has 0 spiro atoms. The van der Waals surface area contributed by atoms with E-state index in [1.165, 1.54) is 6.42 Å². The smallest absolute Gasteiger partial charge is 0.157 e. The minimum atomic E-state index is -0.0254. The predicted molar refractivity (Wildman–Crippen MR) is 61.1 cm³/mol. The highest BCUT2D eigenvalue weighted by molar-refractivity contribution is 5.79. The van der Waals surface area contributed by atoms with Crippen LogP contribution in [0.15, 0.2) is 0 Å². The third-order valence-corrected chi connectivity index (χ3v) is 3.74. The fraction of sp³-hybridized carbons (Fsp3) is 0.923. The van der Waals surface area contributed by atoms with Crippen LogP contribution < -0.4 is 0 Å². The lowest BCUT2D eigenvalue weighted by Gasteiger charge is -2.34. The van der Waals surface area contributed by atoms with Crippen LogP contribution in [-0.4, -0.2) is 25.3 Å². The van der Waals surface area contributed by atoms with Gasteiger partial charge in [0.25, 0.3) is 0 Å². The van der Waals surface area contributed by atoms with Gasteiger partial charge in [-0.15, -0.1) is 0 Å². The van der Waals surface area contributed by atoms with Gasteiger partial charge in [0, 0.05) is 12.8 Å². The number of carbonyl (C=O) groups excluding carboxylic acids is 1. The largest absolute Gasteiger partial charge is 0.353 e. The topological polar surface area (TPSA) is 35.5 Å². The van der Waals surface area contributed by atoms with Crippen molar-refractivity contribution in [2.24, 2.45) is 5.41 Å². The molecule has 1 saturated carbocycles. The molecule has 0 aromatic carbocycles. The van der Waals surface area contributed by atoms with E-state index in [0.717, 1.165) is 51.7 Å². The van der Waals surface area contributed by atoms with E-state index in [-0.39, 0.29) is 11.7 Å². The zero-order valence-electron chi connectivity index (χ0n) is 10.2. The third-order valence-electron chi connectivity index (χ3n) is 3.74. The van der Waals surface area contributed by atoms with Gasteiger partial charge in [0.1, 0.15) is 5.78 Å². The molecule has 3 nitrogen and oxygen atoms in total. The number of rotatable bonds is 3. The Labute approximate surface area is 97.5 Å². The minimum Gasteiger partial charge on any atom is -0.353 e. The zero-order valence-corrected chi connectivity index (χ0v) is 10.2. The van der Waals surface area contributed by atoms with Gasteiger partial charge in [-0.1, -0.05) is 6.92 Å².